The van der Waals surface area contributed by atoms with Crippen LogP contribution in [-0.2, 0) is 0 Å². The first-order valence-electron chi connectivity index (χ1n) is 5.73. The van der Waals surface area contributed by atoms with E-state index in [0.29, 0.717) is 6.04 Å². The van der Waals surface area contributed by atoms with Crippen LogP contribution in [0, 0.1) is 0 Å². The first-order valence-corrected chi connectivity index (χ1v) is 5.73. The molecule has 1 rings (SSSR count). The van der Waals surface area contributed by atoms with Gasteiger partial charge in [-0.25, -0.2) is 4.79 Å². The van der Waals surface area contributed by atoms with Gasteiger partial charge in [0.2, 0.25) is 0 Å². The Labute approximate surface area is 92.6 Å². The van der Waals surface area contributed by atoms with E-state index >= 15 is 0 Å². The Balaban J connectivity index is 2.53. The number of urea groups is 1. The van der Waals surface area contributed by atoms with Crippen molar-refractivity contribution in [1.82, 2.24) is 15.1 Å². The van der Waals surface area contributed by atoms with Crippen LogP contribution >= 0.6 is 0 Å². The highest BCUT2D eigenvalue weighted by molar-refractivity contribution is 5.74. The van der Waals surface area contributed by atoms with Gasteiger partial charge in [0.05, 0.1) is 0 Å². The molecule has 1 aliphatic heterocycles. The maximum absolute atomic E-state index is 11.9. The summed E-state index contributed by atoms with van der Waals surface area (Å²) in [5.41, 5.74) is 0. The van der Waals surface area contributed by atoms with Crippen molar-refractivity contribution in [1.29, 1.82) is 0 Å². The van der Waals surface area contributed by atoms with E-state index in [1.54, 1.807) is 19.0 Å². The summed E-state index contributed by atoms with van der Waals surface area (Å²) in [4.78, 5) is 15.5. The SMILES string of the molecule is CC(C)N(CC1CCCN1)C(=O)N(C)C. The van der Waals surface area contributed by atoms with E-state index < -0.39 is 0 Å². The van der Waals surface area contributed by atoms with Crippen LogP contribution in [0.5, 0.6) is 0 Å². The van der Waals surface area contributed by atoms with Crippen LogP contribution in [0.2, 0.25) is 0 Å². The van der Waals surface area contributed by atoms with Crippen LogP contribution < -0.4 is 5.32 Å². The molecule has 0 saturated carbocycles. The van der Waals surface area contributed by atoms with Crippen molar-refractivity contribution in [3.8, 4) is 0 Å². The molecule has 0 aromatic carbocycles. The zero-order chi connectivity index (χ0) is 11.4. The second-order valence-electron chi connectivity index (χ2n) is 4.72. The smallest absolute Gasteiger partial charge is 0.319 e. The van der Waals surface area contributed by atoms with Gasteiger partial charge in [0.15, 0.2) is 0 Å². The molecule has 0 radical (unpaired) electrons. The Kier molecular flexibility index (Phi) is 4.39. The number of nitrogens with zero attached hydrogens (tertiary/aromatic N) is 2. The molecule has 15 heavy (non-hydrogen) atoms. The van der Waals surface area contributed by atoms with Crippen LogP contribution in [0.1, 0.15) is 26.7 Å². The van der Waals surface area contributed by atoms with Crippen LogP contribution in [0.15, 0.2) is 0 Å². The molecule has 1 N–H and O–H groups in total. The Hall–Kier alpha value is -0.770. The highest BCUT2D eigenvalue weighted by Crippen LogP contribution is 2.10. The second-order valence-corrected chi connectivity index (χ2v) is 4.72. The van der Waals surface area contributed by atoms with Crippen molar-refractivity contribution in [3.63, 3.8) is 0 Å². The van der Waals surface area contributed by atoms with Gasteiger partial charge in [-0.05, 0) is 33.2 Å². The van der Waals surface area contributed by atoms with E-state index in [9.17, 15) is 4.79 Å². The lowest BCUT2D eigenvalue weighted by Crippen LogP contribution is -2.48. The largest absolute Gasteiger partial charge is 0.331 e. The summed E-state index contributed by atoms with van der Waals surface area (Å²) >= 11 is 0. The quantitative estimate of drug-likeness (QED) is 0.763. The van der Waals surface area contributed by atoms with E-state index in [4.69, 9.17) is 0 Å². The molecule has 1 unspecified atom stereocenters. The summed E-state index contributed by atoms with van der Waals surface area (Å²) in [7, 11) is 3.61. The lowest BCUT2D eigenvalue weighted by atomic mass is 10.2. The van der Waals surface area contributed by atoms with Crippen molar-refractivity contribution in [2.75, 3.05) is 27.2 Å². The molecule has 1 aliphatic rings. The summed E-state index contributed by atoms with van der Waals surface area (Å²) in [6.45, 7) is 6.05. The topological polar surface area (TPSA) is 35.6 Å². The standard InChI is InChI=1S/C11H23N3O/c1-9(2)14(11(15)13(3)4)8-10-6-5-7-12-10/h9-10,12H,5-8H2,1-4H3. The van der Waals surface area contributed by atoms with Crippen molar-refractivity contribution < 1.29 is 4.79 Å². The predicted octanol–water partition coefficient (Wildman–Crippen LogP) is 1.13. The summed E-state index contributed by atoms with van der Waals surface area (Å²) < 4.78 is 0. The van der Waals surface area contributed by atoms with Gasteiger partial charge in [0.25, 0.3) is 0 Å². The first kappa shape index (κ1) is 12.3. The van der Waals surface area contributed by atoms with Crippen LogP contribution in [-0.4, -0.2) is 55.1 Å². The fraction of sp³-hybridized carbons (Fsp3) is 0.909. The Morgan fingerprint density at radius 2 is 2.13 bits per heavy atom. The molecule has 2 amide bonds. The van der Waals surface area contributed by atoms with Gasteiger partial charge in [0.1, 0.15) is 0 Å². The minimum Gasteiger partial charge on any atom is -0.331 e. The third-order valence-corrected chi connectivity index (χ3v) is 2.83. The molecule has 0 aliphatic carbocycles. The normalized spacial score (nSPS) is 20.7. The number of hydrogen-bond donors (Lipinski definition) is 1. The van der Waals surface area contributed by atoms with E-state index in [-0.39, 0.29) is 12.1 Å². The van der Waals surface area contributed by atoms with Gasteiger partial charge in [-0.3, -0.25) is 0 Å². The summed E-state index contributed by atoms with van der Waals surface area (Å²) in [5.74, 6) is 0. The molecule has 1 saturated heterocycles. The highest BCUT2D eigenvalue weighted by Gasteiger charge is 2.24. The van der Waals surface area contributed by atoms with E-state index in [0.717, 1.165) is 13.1 Å². The molecule has 88 valence electrons. The molecule has 0 aromatic heterocycles. The number of carbonyl (C=O) groups excluding carboxylic acids is 1. The molecule has 0 spiro atoms. The van der Waals surface area contributed by atoms with Crippen molar-refractivity contribution in [2.24, 2.45) is 0 Å². The zero-order valence-electron chi connectivity index (χ0n) is 10.3. The molecule has 1 atom stereocenters. The molecule has 0 bridgehead atoms. The van der Waals surface area contributed by atoms with Gasteiger partial charge in [-0.2, -0.15) is 0 Å². The molecule has 4 nitrogen and oxygen atoms in total. The average molecular weight is 213 g/mol. The first-order chi connectivity index (χ1) is 7.02. The second kappa shape index (κ2) is 5.35. The Morgan fingerprint density at radius 1 is 1.47 bits per heavy atom. The monoisotopic (exact) mass is 213 g/mol. The average Bonchev–Trinajstić information content (AvgIpc) is 2.64. The molecular weight excluding hydrogens is 190 g/mol. The van der Waals surface area contributed by atoms with Crippen molar-refractivity contribution >= 4 is 6.03 Å². The molecule has 0 aromatic rings. The lowest BCUT2D eigenvalue weighted by molar-refractivity contribution is 0.151. The number of carbonyl (C=O) groups is 1. The summed E-state index contributed by atoms with van der Waals surface area (Å²) in [5, 5.41) is 3.42. The number of nitrogens with one attached hydrogen (secondary N) is 1. The number of hydrogen-bond acceptors (Lipinski definition) is 2. The van der Waals surface area contributed by atoms with Gasteiger partial charge in [0, 0.05) is 32.7 Å². The van der Waals surface area contributed by atoms with Crippen LogP contribution in [0.4, 0.5) is 4.79 Å². The minimum atomic E-state index is 0.110. The van der Waals surface area contributed by atoms with Gasteiger partial charge < -0.3 is 15.1 Å². The number of rotatable bonds is 3. The van der Waals surface area contributed by atoms with Crippen molar-refractivity contribution in [2.45, 2.75) is 38.8 Å². The number of amides is 2. The molecule has 1 fully saturated rings. The van der Waals surface area contributed by atoms with Gasteiger partial charge in [-0.15, -0.1) is 0 Å². The Morgan fingerprint density at radius 3 is 2.53 bits per heavy atom. The third kappa shape index (κ3) is 3.38. The predicted molar refractivity (Wildman–Crippen MR) is 61.9 cm³/mol. The molecule has 1 heterocycles. The van der Waals surface area contributed by atoms with E-state index in [1.165, 1.54) is 12.8 Å². The lowest BCUT2D eigenvalue weighted by Gasteiger charge is -2.31. The summed E-state index contributed by atoms with van der Waals surface area (Å²) in [6, 6.07) is 0.859. The summed E-state index contributed by atoms with van der Waals surface area (Å²) in [6.07, 6.45) is 2.41. The third-order valence-electron chi connectivity index (χ3n) is 2.83. The molecular formula is C11H23N3O. The van der Waals surface area contributed by atoms with Crippen LogP contribution in [0.3, 0.4) is 0 Å². The van der Waals surface area contributed by atoms with Crippen LogP contribution in [0.25, 0.3) is 0 Å². The Bertz CT molecular complexity index is 210. The zero-order valence-corrected chi connectivity index (χ0v) is 10.3. The minimum absolute atomic E-state index is 0.110. The fourth-order valence-corrected chi connectivity index (χ4v) is 1.92. The van der Waals surface area contributed by atoms with Gasteiger partial charge in [-0.1, -0.05) is 0 Å². The maximum Gasteiger partial charge on any atom is 0.319 e. The van der Waals surface area contributed by atoms with E-state index in [2.05, 4.69) is 19.2 Å². The highest BCUT2D eigenvalue weighted by atomic mass is 16.2. The molecule has 4 heteroatoms. The van der Waals surface area contributed by atoms with Crippen molar-refractivity contribution in [3.05, 3.63) is 0 Å². The maximum atomic E-state index is 11.9. The van der Waals surface area contributed by atoms with Gasteiger partial charge >= 0.3 is 6.03 Å². The fourth-order valence-electron chi connectivity index (χ4n) is 1.92. The van der Waals surface area contributed by atoms with E-state index in [1.807, 2.05) is 4.90 Å².